The van der Waals surface area contributed by atoms with Gasteiger partial charge in [-0.2, -0.15) is 0 Å². The van der Waals surface area contributed by atoms with Crippen LogP contribution >= 0.6 is 15.9 Å². The quantitative estimate of drug-likeness (QED) is 0.662. The average Bonchev–Trinajstić information content (AvgIpc) is 2.67. The molecule has 1 aliphatic rings. The van der Waals surface area contributed by atoms with Gasteiger partial charge < -0.3 is 4.42 Å². The summed E-state index contributed by atoms with van der Waals surface area (Å²) in [6.07, 6.45) is 6.85. The highest BCUT2D eigenvalue weighted by Gasteiger charge is 2.29. The van der Waals surface area contributed by atoms with E-state index in [1.165, 1.54) is 25.7 Å². The summed E-state index contributed by atoms with van der Waals surface area (Å²) in [6, 6.07) is 2.20. The predicted molar refractivity (Wildman–Crippen MR) is 67.6 cm³/mol. The third kappa shape index (κ3) is 2.50. The normalized spacial score (nSPS) is 27.9. The molecule has 1 aromatic rings. The van der Waals surface area contributed by atoms with Gasteiger partial charge in [-0.25, -0.2) is 0 Å². The molecule has 0 radical (unpaired) electrons. The second-order valence-corrected chi connectivity index (χ2v) is 5.55. The predicted octanol–water partition coefficient (Wildman–Crippen LogP) is 3.37. The van der Waals surface area contributed by atoms with E-state index in [9.17, 15) is 0 Å². The van der Waals surface area contributed by atoms with Crippen molar-refractivity contribution in [3.63, 3.8) is 0 Å². The summed E-state index contributed by atoms with van der Waals surface area (Å²) in [7, 11) is 0. The highest BCUT2D eigenvalue weighted by molar-refractivity contribution is 9.10. The molecule has 0 bridgehead atoms. The molecule has 3 atom stereocenters. The third-order valence-electron chi connectivity index (χ3n) is 3.61. The van der Waals surface area contributed by atoms with Crippen LogP contribution in [0.4, 0.5) is 0 Å². The van der Waals surface area contributed by atoms with Gasteiger partial charge in [0.2, 0.25) is 0 Å². The maximum atomic E-state index is 5.70. The summed E-state index contributed by atoms with van der Waals surface area (Å²) in [4.78, 5) is 0. The highest BCUT2D eigenvalue weighted by atomic mass is 79.9. The Morgan fingerprint density at radius 3 is 2.94 bits per heavy atom. The molecule has 1 heterocycles. The first-order valence-corrected chi connectivity index (χ1v) is 6.70. The zero-order valence-electron chi connectivity index (χ0n) is 9.58. The van der Waals surface area contributed by atoms with Crippen molar-refractivity contribution in [3.8, 4) is 0 Å². The molecular formula is C12H19BrN2O. The molecule has 1 aliphatic carbocycles. The van der Waals surface area contributed by atoms with Crippen LogP contribution in [0.2, 0.25) is 0 Å². The summed E-state index contributed by atoms with van der Waals surface area (Å²) in [5.74, 6) is 7.12. The zero-order valence-corrected chi connectivity index (χ0v) is 11.2. The summed E-state index contributed by atoms with van der Waals surface area (Å²) >= 11 is 3.43. The van der Waals surface area contributed by atoms with Crippen molar-refractivity contribution in [1.82, 2.24) is 5.43 Å². The van der Waals surface area contributed by atoms with E-state index in [0.717, 1.165) is 16.2 Å². The number of furan rings is 1. The van der Waals surface area contributed by atoms with Crippen molar-refractivity contribution in [2.75, 3.05) is 0 Å². The fourth-order valence-corrected chi connectivity index (χ4v) is 3.28. The SMILES string of the molecule is CC1CCCC(C(NN)c2ccoc2Br)C1. The number of halogens is 1. The second-order valence-electron chi connectivity index (χ2n) is 4.83. The monoisotopic (exact) mass is 286 g/mol. The van der Waals surface area contributed by atoms with Crippen molar-refractivity contribution >= 4 is 15.9 Å². The van der Waals surface area contributed by atoms with Gasteiger partial charge in [-0.15, -0.1) is 0 Å². The van der Waals surface area contributed by atoms with Gasteiger partial charge in [0.15, 0.2) is 4.67 Å². The van der Waals surface area contributed by atoms with Crippen LogP contribution < -0.4 is 11.3 Å². The first-order chi connectivity index (χ1) is 7.72. The number of nitrogens with one attached hydrogen (secondary N) is 1. The van der Waals surface area contributed by atoms with Crippen molar-refractivity contribution < 1.29 is 4.42 Å². The minimum absolute atomic E-state index is 0.205. The van der Waals surface area contributed by atoms with Crippen LogP contribution in [-0.4, -0.2) is 0 Å². The molecule has 16 heavy (non-hydrogen) atoms. The molecule has 1 saturated carbocycles. The Balaban J connectivity index is 2.13. The molecule has 3 unspecified atom stereocenters. The molecule has 2 rings (SSSR count). The molecule has 1 fully saturated rings. The van der Waals surface area contributed by atoms with E-state index in [2.05, 4.69) is 28.3 Å². The molecule has 0 aromatic carbocycles. The Bertz CT molecular complexity index is 340. The van der Waals surface area contributed by atoms with Gasteiger partial charge in [0, 0.05) is 5.56 Å². The molecule has 3 nitrogen and oxygen atoms in total. The van der Waals surface area contributed by atoms with E-state index in [1.54, 1.807) is 6.26 Å². The highest BCUT2D eigenvalue weighted by Crippen LogP contribution is 2.39. The molecule has 3 N–H and O–H groups in total. The summed E-state index contributed by atoms with van der Waals surface area (Å²) < 4.78 is 6.09. The van der Waals surface area contributed by atoms with Crippen LogP contribution in [0.1, 0.15) is 44.2 Å². The van der Waals surface area contributed by atoms with Crippen molar-refractivity contribution in [3.05, 3.63) is 22.6 Å². The fourth-order valence-electron chi connectivity index (χ4n) is 2.79. The van der Waals surface area contributed by atoms with Crippen LogP contribution in [0.3, 0.4) is 0 Å². The number of hydrogen-bond acceptors (Lipinski definition) is 3. The summed E-state index contributed by atoms with van der Waals surface area (Å²) in [5.41, 5.74) is 4.09. The topological polar surface area (TPSA) is 51.2 Å². The molecule has 0 spiro atoms. The van der Waals surface area contributed by atoms with E-state index < -0.39 is 0 Å². The smallest absolute Gasteiger partial charge is 0.173 e. The molecule has 90 valence electrons. The zero-order chi connectivity index (χ0) is 11.5. The Kier molecular flexibility index (Phi) is 4.05. The van der Waals surface area contributed by atoms with Crippen LogP contribution in [0.25, 0.3) is 0 Å². The largest absolute Gasteiger partial charge is 0.457 e. The lowest BCUT2D eigenvalue weighted by Crippen LogP contribution is -2.35. The van der Waals surface area contributed by atoms with Gasteiger partial charge in [0.05, 0.1) is 12.3 Å². The van der Waals surface area contributed by atoms with Crippen LogP contribution in [0.5, 0.6) is 0 Å². The maximum absolute atomic E-state index is 5.70. The number of rotatable bonds is 3. The van der Waals surface area contributed by atoms with Gasteiger partial charge in [0.25, 0.3) is 0 Å². The molecule has 4 heteroatoms. The van der Waals surface area contributed by atoms with Crippen LogP contribution in [0, 0.1) is 11.8 Å². The standard InChI is InChI=1S/C12H19BrN2O/c1-8-3-2-4-9(7-8)11(15-14)10-5-6-16-12(10)13/h5-6,8-9,11,15H,2-4,7,14H2,1H3. The van der Waals surface area contributed by atoms with Gasteiger partial charge in [-0.3, -0.25) is 11.3 Å². The minimum Gasteiger partial charge on any atom is -0.457 e. The lowest BCUT2D eigenvalue weighted by atomic mass is 9.77. The molecular weight excluding hydrogens is 268 g/mol. The van der Waals surface area contributed by atoms with Crippen LogP contribution in [0.15, 0.2) is 21.4 Å². The molecule has 0 aliphatic heterocycles. The first kappa shape index (κ1) is 12.1. The van der Waals surface area contributed by atoms with E-state index in [0.29, 0.717) is 5.92 Å². The van der Waals surface area contributed by atoms with Crippen LogP contribution in [-0.2, 0) is 0 Å². The van der Waals surface area contributed by atoms with Gasteiger partial charge in [0.1, 0.15) is 0 Å². The number of hydrogen-bond donors (Lipinski definition) is 2. The van der Waals surface area contributed by atoms with Crippen molar-refractivity contribution in [1.29, 1.82) is 0 Å². The number of hydrazine groups is 1. The van der Waals surface area contributed by atoms with E-state index >= 15 is 0 Å². The Hall–Kier alpha value is -0.320. The van der Waals surface area contributed by atoms with Crippen molar-refractivity contribution in [2.45, 2.75) is 38.6 Å². The molecule has 0 saturated heterocycles. The molecule has 0 amide bonds. The second kappa shape index (κ2) is 5.34. The summed E-state index contributed by atoms with van der Waals surface area (Å²) in [5, 5.41) is 0. The van der Waals surface area contributed by atoms with Gasteiger partial charge in [-0.05, 0) is 46.7 Å². The lowest BCUT2D eigenvalue weighted by Gasteiger charge is -2.32. The van der Waals surface area contributed by atoms with Gasteiger partial charge >= 0.3 is 0 Å². The Morgan fingerprint density at radius 1 is 1.56 bits per heavy atom. The molecule has 1 aromatic heterocycles. The third-order valence-corrected chi connectivity index (χ3v) is 4.25. The first-order valence-electron chi connectivity index (χ1n) is 5.91. The average molecular weight is 287 g/mol. The number of nitrogens with two attached hydrogens (primary N) is 1. The van der Waals surface area contributed by atoms with E-state index in [4.69, 9.17) is 10.3 Å². The Labute approximate surface area is 105 Å². The Morgan fingerprint density at radius 2 is 2.38 bits per heavy atom. The maximum Gasteiger partial charge on any atom is 0.173 e. The van der Waals surface area contributed by atoms with E-state index in [-0.39, 0.29) is 6.04 Å². The fraction of sp³-hybridized carbons (Fsp3) is 0.667. The van der Waals surface area contributed by atoms with Crippen molar-refractivity contribution in [2.24, 2.45) is 17.7 Å². The lowest BCUT2D eigenvalue weighted by molar-refractivity contribution is 0.223. The van der Waals surface area contributed by atoms with E-state index in [1.807, 2.05) is 6.07 Å². The van der Waals surface area contributed by atoms with Gasteiger partial charge in [-0.1, -0.05) is 19.8 Å². The minimum atomic E-state index is 0.205. The summed E-state index contributed by atoms with van der Waals surface area (Å²) in [6.45, 7) is 2.32.